The summed E-state index contributed by atoms with van der Waals surface area (Å²) in [5.74, 6) is -1.08. The van der Waals surface area contributed by atoms with E-state index in [1.165, 1.54) is 12.1 Å². The Balaban J connectivity index is 1.66. The van der Waals surface area contributed by atoms with Crippen molar-refractivity contribution in [2.45, 2.75) is 38.8 Å². The maximum absolute atomic E-state index is 13.3. The van der Waals surface area contributed by atoms with Gasteiger partial charge in [-0.15, -0.1) is 0 Å². The highest BCUT2D eigenvalue weighted by molar-refractivity contribution is 6.33. The summed E-state index contributed by atoms with van der Waals surface area (Å²) in [6.45, 7) is 6.44. The van der Waals surface area contributed by atoms with Gasteiger partial charge in [-0.2, -0.15) is 0 Å². The van der Waals surface area contributed by atoms with E-state index in [-0.39, 0.29) is 22.4 Å². The third-order valence-electron chi connectivity index (χ3n) is 5.31. The highest BCUT2D eigenvalue weighted by atomic mass is 35.5. The van der Waals surface area contributed by atoms with Gasteiger partial charge in [0, 0.05) is 32.6 Å². The summed E-state index contributed by atoms with van der Waals surface area (Å²) in [4.78, 5) is 41.7. The van der Waals surface area contributed by atoms with Crippen LogP contribution >= 0.6 is 11.6 Å². The number of nitrogens with zero attached hydrogens (tertiary/aromatic N) is 2. The smallest absolute Gasteiger partial charge is 0.408 e. The summed E-state index contributed by atoms with van der Waals surface area (Å²) in [6.07, 6.45) is -0.356. The van der Waals surface area contributed by atoms with Crippen molar-refractivity contribution in [3.8, 4) is 0 Å². The molecule has 0 saturated carbocycles. The SMILES string of the molecule is CC(C)(C)OC(=O)NC(Cc1ccccc1)C(=O)N1CCN(C(=O)c2ccc(F)cc2Cl)CC1. The van der Waals surface area contributed by atoms with Crippen molar-refractivity contribution >= 4 is 29.5 Å². The van der Waals surface area contributed by atoms with E-state index in [4.69, 9.17) is 16.3 Å². The van der Waals surface area contributed by atoms with Crippen LogP contribution < -0.4 is 5.32 Å². The highest BCUT2D eigenvalue weighted by Crippen LogP contribution is 2.20. The van der Waals surface area contributed by atoms with Crippen molar-refractivity contribution < 1.29 is 23.5 Å². The van der Waals surface area contributed by atoms with Gasteiger partial charge in [0.05, 0.1) is 10.6 Å². The van der Waals surface area contributed by atoms with Crippen LogP contribution in [0.1, 0.15) is 36.7 Å². The maximum Gasteiger partial charge on any atom is 0.408 e. The molecule has 3 amide bonds. The van der Waals surface area contributed by atoms with E-state index in [2.05, 4.69) is 5.32 Å². The van der Waals surface area contributed by atoms with Gasteiger partial charge in [0.25, 0.3) is 5.91 Å². The number of halogens is 2. The lowest BCUT2D eigenvalue weighted by molar-refractivity contribution is -0.135. The van der Waals surface area contributed by atoms with Crippen LogP contribution in [0.2, 0.25) is 5.02 Å². The van der Waals surface area contributed by atoms with Crippen molar-refractivity contribution in [1.29, 1.82) is 0 Å². The van der Waals surface area contributed by atoms with Crippen LogP contribution in [0.15, 0.2) is 48.5 Å². The van der Waals surface area contributed by atoms with Crippen LogP contribution in [-0.4, -0.2) is 65.5 Å². The molecule has 0 radical (unpaired) electrons. The lowest BCUT2D eigenvalue weighted by Gasteiger charge is -2.36. The maximum atomic E-state index is 13.3. The normalized spacial score (nSPS) is 15.0. The molecular weight excluding hydrogens is 461 g/mol. The molecule has 0 bridgehead atoms. The number of benzene rings is 2. The molecular formula is C25H29ClFN3O4. The van der Waals surface area contributed by atoms with Crippen LogP contribution in [0, 0.1) is 5.82 Å². The predicted octanol–water partition coefficient (Wildman–Crippen LogP) is 3.90. The van der Waals surface area contributed by atoms with E-state index in [0.717, 1.165) is 11.6 Å². The molecule has 2 aromatic rings. The molecule has 1 unspecified atom stereocenters. The van der Waals surface area contributed by atoms with Gasteiger partial charge in [-0.25, -0.2) is 9.18 Å². The fraction of sp³-hybridized carbons (Fsp3) is 0.400. The quantitative estimate of drug-likeness (QED) is 0.691. The fourth-order valence-electron chi connectivity index (χ4n) is 3.68. The van der Waals surface area contributed by atoms with Crippen molar-refractivity contribution in [2.24, 2.45) is 0 Å². The first-order valence-electron chi connectivity index (χ1n) is 11.1. The zero-order chi connectivity index (χ0) is 24.9. The molecule has 1 heterocycles. The van der Waals surface area contributed by atoms with Gasteiger partial charge >= 0.3 is 6.09 Å². The largest absolute Gasteiger partial charge is 0.444 e. The molecule has 0 aromatic heterocycles. The summed E-state index contributed by atoms with van der Waals surface area (Å²) in [7, 11) is 0. The molecule has 1 aliphatic heterocycles. The second-order valence-corrected chi connectivity index (χ2v) is 9.54. The molecule has 0 spiro atoms. The van der Waals surface area contributed by atoms with Crippen LogP contribution in [0.25, 0.3) is 0 Å². The van der Waals surface area contributed by atoms with Gasteiger partial charge in [0.1, 0.15) is 17.5 Å². The Kier molecular flexibility index (Phi) is 8.15. The second-order valence-electron chi connectivity index (χ2n) is 9.13. The minimum atomic E-state index is -0.814. The van der Waals surface area contributed by atoms with E-state index >= 15 is 0 Å². The first-order chi connectivity index (χ1) is 16.0. The summed E-state index contributed by atoms with van der Waals surface area (Å²) < 4.78 is 18.7. The van der Waals surface area contributed by atoms with Crippen molar-refractivity contribution in [2.75, 3.05) is 26.2 Å². The van der Waals surface area contributed by atoms with Gasteiger partial charge < -0.3 is 19.9 Å². The van der Waals surface area contributed by atoms with E-state index in [9.17, 15) is 18.8 Å². The second kappa shape index (κ2) is 10.9. The Morgan fingerprint density at radius 3 is 2.24 bits per heavy atom. The minimum Gasteiger partial charge on any atom is -0.444 e. The fourth-order valence-corrected chi connectivity index (χ4v) is 3.93. The monoisotopic (exact) mass is 489 g/mol. The van der Waals surface area contributed by atoms with Crippen LogP contribution in [-0.2, 0) is 16.0 Å². The molecule has 0 aliphatic carbocycles. The number of ether oxygens (including phenoxy) is 1. The average molecular weight is 490 g/mol. The zero-order valence-corrected chi connectivity index (χ0v) is 20.3. The first-order valence-corrected chi connectivity index (χ1v) is 11.5. The molecule has 1 saturated heterocycles. The molecule has 2 aromatic carbocycles. The lowest BCUT2D eigenvalue weighted by Crippen LogP contribution is -2.56. The number of hydrogen-bond acceptors (Lipinski definition) is 4. The number of amides is 3. The van der Waals surface area contributed by atoms with Crippen LogP contribution in [0.5, 0.6) is 0 Å². The Morgan fingerprint density at radius 1 is 1.03 bits per heavy atom. The number of rotatable bonds is 5. The molecule has 3 rings (SSSR count). The third kappa shape index (κ3) is 6.93. The van der Waals surface area contributed by atoms with Crippen LogP contribution in [0.3, 0.4) is 0 Å². The van der Waals surface area contributed by atoms with Gasteiger partial charge in [-0.3, -0.25) is 9.59 Å². The summed E-state index contributed by atoms with van der Waals surface area (Å²) >= 11 is 6.03. The van der Waals surface area contributed by atoms with Crippen molar-refractivity contribution in [3.05, 3.63) is 70.5 Å². The molecule has 1 aliphatic rings. The summed E-state index contributed by atoms with van der Waals surface area (Å²) in [5.41, 5.74) is 0.422. The molecule has 7 nitrogen and oxygen atoms in total. The molecule has 1 fully saturated rings. The van der Waals surface area contributed by atoms with E-state index in [0.29, 0.717) is 32.6 Å². The van der Waals surface area contributed by atoms with E-state index in [1.54, 1.807) is 30.6 Å². The standard InChI is InChI=1S/C25H29ClFN3O4/c1-25(2,3)34-24(33)28-21(15-17-7-5-4-6-8-17)23(32)30-13-11-29(12-14-30)22(31)19-10-9-18(27)16-20(19)26/h4-10,16,21H,11-15H2,1-3H3,(H,28,33). The average Bonchev–Trinajstić information content (AvgIpc) is 2.77. The number of carbonyl (C=O) groups is 3. The molecule has 9 heteroatoms. The summed E-state index contributed by atoms with van der Waals surface area (Å²) in [5, 5.41) is 2.75. The van der Waals surface area contributed by atoms with Gasteiger partial charge in [0.15, 0.2) is 0 Å². The first kappa shape index (κ1) is 25.5. The zero-order valence-electron chi connectivity index (χ0n) is 19.5. The molecule has 1 atom stereocenters. The topological polar surface area (TPSA) is 79.0 Å². The molecule has 34 heavy (non-hydrogen) atoms. The Labute approximate surface area is 203 Å². The van der Waals surface area contributed by atoms with Gasteiger partial charge in [-0.1, -0.05) is 41.9 Å². The Morgan fingerprint density at radius 2 is 1.65 bits per heavy atom. The predicted molar refractivity (Wildman–Crippen MR) is 127 cm³/mol. The minimum absolute atomic E-state index is 0.0491. The van der Waals surface area contributed by atoms with Crippen molar-refractivity contribution in [1.82, 2.24) is 15.1 Å². The molecule has 182 valence electrons. The third-order valence-corrected chi connectivity index (χ3v) is 5.62. The lowest BCUT2D eigenvalue weighted by atomic mass is 10.0. The van der Waals surface area contributed by atoms with Crippen molar-refractivity contribution in [3.63, 3.8) is 0 Å². The molecule has 1 N–H and O–H groups in total. The number of piperazine rings is 1. The number of carbonyl (C=O) groups excluding carboxylic acids is 3. The van der Waals surface area contributed by atoms with Gasteiger partial charge in [0.2, 0.25) is 5.91 Å². The Hall–Kier alpha value is -3.13. The number of nitrogens with one attached hydrogen (secondary N) is 1. The van der Waals surface area contributed by atoms with E-state index < -0.39 is 23.6 Å². The highest BCUT2D eigenvalue weighted by Gasteiger charge is 2.32. The number of hydrogen-bond donors (Lipinski definition) is 1. The number of alkyl carbamates (subject to hydrolysis) is 1. The summed E-state index contributed by atoms with van der Waals surface area (Å²) in [6, 6.07) is 12.2. The van der Waals surface area contributed by atoms with Gasteiger partial charge in [-0.05, 0) is 44.5 Å². The van der Waals surface area contributed by atoms with E-state index in [1.807, 2.05) is 30.3 Å². The Bertz CT molecular complexity index is 1030. The van der Waals surface area contributed by atoms with Crippen LogP contribution in [0.4, 0.5) is 9.18 Å².